The first kappa shape index (κ1) is 13.0. The molecule has 1 aliphatic carbocycles. The summed E-state index contributed by atoms with van der Waals surface area (Å²) in [6.45, 7) is 3.17. The minimum Gasteiger partial charge on any atom is -0.314 e. The lowest BCUT2D eigenvalue weighted by atomic mass is 9.94. The monoisotopic (exact) mass is 299 g/mol. The molecule has 0 saturated heterocycles. The predicted octanol–water partition coefficient (Wildman–Crippen LogP) is 3.91. The molecule has 0 radical (unpaired) electrons. The lowest BCUT2D eigenvalue weighted by Gasteiger charge is -2.21. The Balaban J connectivity index is 2.06. The first-order valence-corrected chi connectivity index (χ1v) is 7.17. The van der Waals surface area contributed by atoms with Gasteiger partial charge < -0.3 is 5.32 Å². The van der Waals surface area contributed by atoms with Crippen LogP contribution in [0.3, 0.4) is 0 Å². The average Bonchev–Trinajstić information content (AvgIpc) is 2.72. The molecule has 2 atom stereocenters. The fourth-order valence-electron chi connectivity index (χ4n) is 2.79. The summed E-state index contributed by atoms with van der Waals surface area (Å²) in [6.07, 6.45) is 4.76. The van der Waals surface area contributed by atoms with Crippen LogP contribution in [0.5, 0.6) is 0 Å². The number of hydrogen-bond donors (Lipinski definition) is 1. The molecule has 3 heteroatoms. The van der Waals surface area contributed by atoms with Crippen molar-refractivity contribution in [1.29, 1.82) is 0 Å². The average molecular weight is 300 g/mol. The van der Waals surface area contributed by atoms with Gasteiger partial charge in [0.15, 0.2) is 0 Å². The van der Waals surface area contributed by atoms with Crippen LogP contribution in [0.15, 0.2) is 22.7 Å². The molecule has 1 saturated carbocycles. The lowest BCUT2D eigenvalue weighted by Crippen LogP contribution is -2.33. The molecule has 1 nitrogen and oxygen atoms in total. The van der Waals surface area contributed by atoms with Crippen molar-refractivity contribution < 1.29 is 4.39 Å². The van der Waals surface area contributed by atoms with E-state index in [9.17, 15) is 4.39 Å². The van der Waals surface area contributed by atoms with Crippen LogP contribution in [0, 0.1) is 11.7 Å². The van der Waals surface area contributed by atoms with Crippen LogP contribution in [0.4, 0.5) is 4.39 Å². The molecule has 0 aliphatic heterocycles. The fourth-order valence-corrected chi connectivity index (χ4v) is 3.20. The third-order valence-electron chi connectivity index (χ3n) is 3.62. The maximum absolute atomic E-state index is 13.2. The lowest BCUT2D eigenvalue weighted by molar-refractivity contribution is 0.405. The van der Waals surface area contributed by atoms with Crippen LogP contribution >= 0.6 is 15.9 Å². The van der Waals surface area contributed by atoms with Crippen molar-refractivity contribution in [3.8, 4) is 0 Å². The van der Waals surface area contributed by atoms with E-state index >= 15 is 0 Å². The molecule has 0 amide bonds. The van der Waals surface area contributed by atoms with Crippen LogP contribution in [0.1, 0.15) is 31.7 Å². The second-order valence-corrected chi connectivity index (χ2v) is 5.65. The molecule has 2 unspecified atom stereocenters. The minimum atomic E-state index is -0.138. The zero-order valence-electron chi connectivity index (χ0n) is 10.2. The Hall–Kier alpha value is -0.410. The molecule has 0 bridgehead atoms. The molecule has 0 heterocycles. The topological polar surface area (TPSA) is 12.0 Å². The SMILES string of the molecule is CCNC1CCCC1Cc1cc(F)ccc1Br. The molecule has 1 aromatic carbocycles. The fraction of sp³-hybridized carbons (Fsp3) is 0.571. The molecule has 0 spiro atoms. The maximum atomic E-state index is 13.2. The van der Waals surface area contributed by atoms with E-state index in [1.54, 1.807) is 6.07 Å². The second kappa shape index (κ2) is 5.96. The highest BCUT2D eigenvalue weighted by molar-refractivity contribution is 9.10. The molecule has 1 aromatic rings. The summed E-state index contributed by atoms with van der Waals surface area (Å²) in [5.41, 5.74) is 1.10. The summed E-state index contributed by atoms with van der Waals surface area (Å²) in [7, 11) is 0. The van der Waals surface area contributed by atoms with E-state index in [1.807, 2.05) is 6.07 Å². The third-order valence-corrected chi connectivity index (χ3v) is 4.39. The van der Waals surface area contributed by atoms with Crippen LogP contribution in [-0.2, 0) is 6.42 Å². The molecular formula is C14H19BrFN. The van der Waals surface area contributed by atoms with Gasteiger partial charge in [0.1, 0.15) is 5.82 Å². The minimum absolute atomic E-state index is 0.138. The first-order chi connectivity index (χ1) is 8.20. The Bertz CT molecular complexity index is 380. The highest BCUT2D eigenvalue weighted by Gasteiger charge is 2.26. The van der Waals surface area contributed by atoms with Crippen LogP contribution in [0.2, 0.25) is 0 Å². The van der Waals surface area contributed by atoms with Gasteiger partial charge in [-0.25, -0.2) is 4.39 Å². The van der Waals surface area contributed by atoms with Gasteiger partial charge in [0.25, 0.3) is 0 Å². The van der Waals surface area contributed by atoms with Crippen LogP contribution in [-0.4, -0.2) is 12.6 Å². The summed E-state index contributed by atoms with van der Waals surface area (Å²) in [6, 6.07) is 5.58. The number of rotatable bonds is 4. The molecular weight excluding hydrogens is 281 g/mol. The standard InChI is InChI=1S/C14H19BrFN/c1-2-17-14-5-3-4-10(14)8-11-9-12(16)6-7-13(11)15/h6-7,9-10,14,17H,2-5,8H2,1H3. The van der Waals surface area contributed by atoms with E-state index in [0.29, 0.717) is 12.0 Å². The number of halogens is 2. The number of hydrogen-bond acceptors (Lipinski definition) is 1. The summed E-state index contributed by atoms with van der Waals surface area (Å²) in [5, 5.41) is 3.54. The van der Waals surface area contributed by atoms with Crippen molar-refractivity contribution in [2.24, 2.45) is 5.92 Å². The highest BCUT2D eigenvalue weighted by Crippen LogP contribution is 2.31. The van der Waals surface area contributed by atoms with Crippen molar-refractivity contribution in [2.75, 3.05) is 6.54 Å². The molecule has 0 aromatic heterocycles. The summed E-state index contributed by atoms with van der Waals surface area (Å²) >= 11 is 3.51. The van der Waals surface area contributed by atoms with Gasteiger partial charge in [-0.15, -0.1) is 0 Å². The summed E-state index contributed by atoms with van der Waals surface area (Å²) in [4.78, 5) is 0. The Morgan fingerprint density at radius 1 is 1.41 bits per heavy atom. The van der Waals surface area contributed by atoms with Gasteiger partial charge in [0.05, 0.1) is 0 Å². The van der Waals surface area contributed by atoms with E-state index in [-0.39, 0.29) is 5.82 Å². The quantitative estimate of drug-likeness (QED) is 0.889. The third kappa shape index (κ3) is 3.29. The molecule has 17 heavy (non-hydrogen) atoms. The van der Waals surface area contributed by atoms with Crippen molar-refractivity contribution in [2.45, 2.75) is 38.6 Å². The predicted molar refractivity (Wildman–Crippen MR) is 72.6 cm³/mol. The normalized spacial score (nSPS) is 24.2. The van der Waals surface area contributed by atoms with Gasteiger partial charge in [-0.1, -0.05) is 29.3 Å². The van der Waals surface area contributed by atoms with Gasteiger partial charge in [-0.05, 0) is 55.5 Å². The summed E-state index contributed by atoms with van der Waals surface area (Å²) in [5.74, 6) is 0.509. The Morgan fingerprint density at radius 3 is 3.00 bits per heavy atom. The smallest absolute Gasteiger partial charge is 0.123 e. The second-order valence-electron chi connectivity index (χ2n) is 4.80. The first-order valence-electron chi connectivity index (χ1n) is 6.38. The zero-order valence-corrected chi connectivity index (χ0v) is 11.8. The maximum Gasteiger partial charge on any atom is 0.123 e. The van der Waals surface area contributed by atoms with E-state index in [2.05, 4.69) is 28.2 Å². The Kier molecular flexibility index (Phi) is 4.57. The van der Waals surface area contributed by atoms with E-state index in [4.69, 9.17) is 0 Å². The highest BCUT2D eigenvalue weighted by atomic mass is 79.9. The largest absolute Gasteiger partial charge is 0.314 e. The molecule has 94 valence electrons. The van der Waals surface area contributed by atoms with Gasteiger partial charge >= 0.3 is 0 Å². The molecule has 1 N–H and O–H groups in total. The number of nitrogens with one attached hydrogen (secondary N) is 1. The Labute approximate surface area is 111 Å². The van der Waals surface area contributed by atoms with Crippen molar-refractivity contribution in [3.63, 3.8) is 0 Å². The summed E-state index contributed by atoms with van der Waals surface area (Å²) < 4.78 is 14.3. The van der Waals surface area contributed by atoms with Gasteiger partial charge in [0.2, 0.25) is 0 Å². The van der Waals surface area contributed by atoms with Gasteiger partial charge in [0, 0.05) is 10.5 Å². The van der Waals surface area contributed by atoms with Crippen molar-refractivity contribution in [1.82, 2.24) is 5.32 Å². The van der Waals surface area contributed by atoms with Gasteiger partial charge in [-0.3, -0.25) is 0 Å². The zero-order chi connectivity index (χ0) is 12.3. The molecule has 1 fully saturated rings. The van der Waals surface area contributed by atoms with E-state index in [1.165, 1.54) is 25.3 Å². The van der Waals surface area contributed by atoms with E-state index in [0.717, 1.165) is 23.0 Å². The van der Waals surface area contributed by atoms with Crippen molar-refractivity contribution >= 4 is 15.9 Å². The molecule has 1 aliphatic rings. The van der Waals surface area contributed by atoms with Crippen LogP contribution < -0.4 is 5.32 Å². The van der Waals surface area contributed by atoms with Gasteiger partial charge in [-0.2, -0.15) is 0 Å². The van der Waals surface area contributed by atoms with Crippen molar-refractivity contribution in [3.05, 3.63) is 34.1 Å². The van der Waals surface area contributed by atoms with E-state index < -0.39 is 0 Å². The Morgan fingerprint density at radius 2 is 2.24 bits per heavy atom. The van der Waals surface area contributed by atoms with Crippen LogP contribution in [0.25, 0.3) is 0 Å². The number of benzene rings is 1. The molecule has 2 rings (SSSR count).